The Labute approximate surface area is 147 Å². The number of hydrogen-bond donors (Lipinski definition) is 1. The maximum atomic E-state index is 12.1. The number of aromatic nitrogens is 1. The average Bonchev–Trinajstić information content (AvgIpc) is 2.96. The van der Waals surface area contributed by atoms with Crippen molar-refractivity contribution in [2.45, 2.75) is 32.7 Å². The summed E-state index contributed by atoms with van der Waals surface area (Å²) in [6, 6.07) is 7.92. The van der Waals surface area contributed by atoms with E-state index in [9.17, 15) is 9.59 Å². The number of hydrogen-bond acceptors (Lipinski definition) is 5. The second kappa shape index (κ2) is 7.70. The number of nitrogens with zero attached hydrogens (tertiary/aromatic N) is 1. The van der Waals surface area contributed by atoms with Gasteiger partial charge in [0.25, 0.3) is 0 Å². The average molecular weight is 344 g/mol. The van der Waals surface area contributed by atoms with Crippen LogP contribution in [0.1, 0.15) is 37.6 Å². The monoisotopic (exact) mass is 344 g/mol. The molecule has 1 aromatic heterocycles. The second-order valence-electron chi connectivity index (χ2n) is 6.11. The summed E-state index contributed by atoms with van der Waals surface area (Å²) >= 11 is 0. The van der Waals surface area contributed by atoms with Crippen molar-refractivity contribution in [1.82, 2.24) is 9.88 Å². The van der Waals surface area contributed by atoms with Crippen LogP contribution in [0.15, 0.2) is 24.3 Å². The highest BCUT2D eigenvalue weighted by atomic mass is 16.5. The first kappa shape index (κ1) is 17.5. The van der Waals surface area contributed by atoms with Gasteiger partial charge in [0.15, 0.2) is 0 Å². The Morgan fingerprint density at radius 1 is 1.16 bits per heavy atom. The number of nitrogens with one attached hydrogen (secondary N) is 1. The van der Waals surface area contributed by atoms with E-state index in [4.69, 9.17) is 9.47 Å². The molecule has 0 saturated heterocycles. The van der Waals surface area contributed by atoms with Gasteiger partial charge >= 0.3 is 11.9 Å². The summed E-state index contributed by atoms with van der Waals surface area (Å²) in [5, 5.41) is 1.18. The number of aromatic amines is 1. The molecule has 0 fully saturated rings. The summed E-state index contributed by atoms with van der Waals surface area (Å²) in [6.07, 6.45) is 1.05. The van der Waals surface area contributed by atoms with Crippen molar-refractivity contribution in [3.05, 3.63) is 35.5 Å². The topological polar surface area (TPSA) is 71.6 Å². The molecule has 0 spiro atoms. The summed E-state index contributed by atoms with van der Waals surface area (Å²) < 4.78 is 10.2. The maximum absolute atomic E-state index is 12.1. The molecule has 1 aromatic carbocycles. The summed E-state index contributed by atoms with van der Waals surface area (Å²) in [5.41, 5.74) is 3.29. The van der Waals surface area contributed by atoms with Crippen LogP contribution in [-0.2, 0) is 25.5 Å². The summed E-state index contributed by atoms with van der Waals surface area (Å²) in [4.78, 5) is 29.5. The van der Waals surface area contributed by atoms with Crippen LogP contribution in [0, 0.1) is 0 Å². The lowest BCUT2D eigenvalue weighted by Crippen LogP contribution is -2.40. The Morgan fingerprint density at radius 3 is 2.64 bits per heavy atom. The Hall–Kier alpha value is -2.34. The van der Waals surface area contributed by atoms with E-state index < -0.39 is 0 Å². The third-order valence-corrected chi connectivity index (χ3v) is 4.57. The molecule has 2 heterocycles. The van der Waals surface area contributed by atoms with Crippen LogP contribution < -0.4 is 0 Å². The van der Waals surface area contributed by atoms with Gasteiger partial charge in [-0.25, -0.2) is 0 Å². The number of esters is 2. The summed E-state index contributed by atoms with van der Waals surface area (Å²) in [5.74, 6) is -0.524. The van der Waals surface area contributed by atoms with Crippen molar-refractivity contribution in [2.24, 2.45) is 0 Å². The van der Waals surface area contributed by atoms with Crippen LogP contribution in [0.4, 0.5) is 0 Å². The lowest BCUT2D eigenvalue weighted by atomic mass is 9.95. The van der Waals surface area contributed by atoms with Gasteiger partial charge in [-0.3, -0.25) is 14.5 Å². The molecular weight excluding hydrogens is 320 g/mol. The minimum Gasteiger partial charge on any atom is -0.466 e. The zero-order valence-electron chi connectivity index (χ0n) is 14.7. The number of H-pyrrole nitrogens is 1. The molecule has 134 valence electrons. The smallest absolute Gasteiger partial charge is 0.320 e. The Balaban J connectivity index is 1.92. The predicted molar refractivity (Wildman–Crippen MR) is 94.2 cm³/mol. The molecule has 1 N–H and O–H groups in total. The highest BCUT2D eigenvalue weighted by Gasteiger charge is 2.33. The van der Waals surface area contributed by atoms with E-state index in [1.807, 2.05) is 23.1 Å². The van der Waals surface area contributed by atoms with E-state index >= 15 is 0 Å². The van der Waals surface area contributed by atoms with Crippen LogP contribution in [0.2, 0.25) is 0 Å². The van der Waals surface area contributed by atoms with Crippen molar-refractivity contribution in [3.8, 4) is 0 Å². The molecule has 6 heteroatoms. The van der Waals surface area contributed by atoms with E-state index in [1.54, 1.807) is 13.8 Å². The zero-order valence-corrected chi connectivity index (χ0v) is 14.7. The van der Waals surface area contributed by atoms with Gasteiger partial charge in [0.2, 0.25) is 0 Å². The first-order valence-corrected chi connectivity index (χ1v) is 8.78. The van der Waals surface area contributed by atoms with E-state index in [0.717, 1.165) is 17.6 Å². The number of carbonyl (C=O) groups is 2. The minimum atomic E-state index is -0.268. The van der Waals surface area contributed by atoms with Crippen molar-refractivity contribution >= 4 is 22.8 Å². The van der Waals surface area contributed by atoms with Crippen molar-refractivity contribution in [1.29, 1.82) is 0 Å². The van der Waals surface area contributed by atoms with Crippen LogP contribution in [0.3, 0.4) is 0 Å². The molecule has 0 radical (unpaired) electrons. The van der Waals surface area contributed by atoms with Gasteiger partial charge in [-0.15, -0.1) is 0 Å². The van der Waals surface area contributed by atoms with E-state index in [-0.39, 0.29) is 30.9 Å². The fraction of sp³-hybridized carbons (Fsp3) is 0.474. The molecule has 3 rings (SSSR count). The van der Waals surface area contributed by atoms with Gasteiger partial charge in [0.1, 0.15) is 0 Å². The van der Waals surface area contributed by atoms with Gasteiger partial charge in [0.05, 0.1) is 32.2 Å². The first-order chi connectivity index (χ1) is 12.1. The predicted octanol–water partition coefficient (Wildman–Crippen LogP) is 2.58. The fourth-order valence-corrected chi connectivity index (χ4v) is 3.54. The molecule has 2 aromatic rings. The highest BCUT2D eigenvalue weighted by molar-refractivity contribution is 5.85. The van der Waals surface area contributed by atoms with Crippen LogP contribution in [0.25, 0.3) is 10.9 Å². The third kappa shape index (κ3) is 3.69. The third-order valence-electron chi connectivity index (χ3n) is 4.57. The Kier molecular flexibility index (Phi) is 5.38. The van der Waals surface area contributed by atoms with Gasteiger partial charge in [-0.2, -0.15) is 0 Å². The molecule has 6 nitrogen and oxygen atoms in total. The molecule has 1 aliphatic rings. The largest absolute Gasteiger partial charge is 0.466 e. The Bertz CT molecular complexity index is 768. The normalized spacial score (nSPS) is 17.3. The molecule has 1 aliphatic heterocycles. The lowest BCUT2D eigenvalue weighted by Gasteiger charge is -2.34. The second-order valence-corrected chi connectivity index (χ2v) is 6.11. The minimum absolute atomic E-state index is 0.173. The zero-order chi connectivity index (χ0) is 17.8. The number of fused-ring (bicyclic) bond motifs is 3. The number of carbonyl (C=O) groups excluding carboxylic acids is 2. The standard InChI is InChI=1S/C19H24N2O4/c1-3-24-17(22)11-16-19-14(13-7-5-6-8-15(13)20-19)9-10-21(16)12-18(23)25-4-2/h5-8,16,20H,3-4,9-12H2,1-2H3/t16-/m1/s1. The van der Waals surface area contributed by atoms with E-state index in [0.29, 0.717) is 19.8 Å². The molecule has 0 unspecified atom stereocenters. The van der Waals surface area contributed by atoms with Gasteiger partial charge < -0.3 is 14.5 Å². The summed E-state index contributed by atoms with van der Waals surface area (Å²) in [7, 11) is 0. The first-order valence-electron chi connectivity index (χ1n) is 8.78. The molecule has 1 atom stereocenters. The van der Waals surface area contributed by atoms with Crippen molar-refractivity contribution in [2.75, 3.05) is 26.3 Å². The molecule has 0 amide bonds. The van der Waals surface area contributed by atoms with Crippen molar-refractivity contribution < 1.29 is 19.1 Å². The Morgan fingerprint density at radius 2 is 1.88 bits per heavy atom. The van der Waals surface area contributed by atoms with E-state index in [2.05, 4.69) is 11.1 Å². The number of rotatable bonds is 6. The quantitative estimate of drug-likeness (QED) is 0.816. The molecule has 0 aliphatic carbocycles. The van der Waals surface area contributed by atoms with Gasteiger partial charge in [-0.1, -0.05) is 18.2 Å². The highest BCUT2D eigenvalue weighted by Crippen LogP contribution is 2.36. The van der Waals surface area contributed by atoms with Crippen molar-refractivity contribution in [3.63, 3.8) is 0 Å². The molecule has 0 bridgehead atoms. The molecule has 25 heavy (non-hydrogen) atoms. The lowest BCUT2D eigenvalue weighted by molar-refractivity contribution is -0.149. The van der Waals surface area contributed by atoms with Crippen LogP contribution in [-0.4, -0.2) is 48.1 Å². The molecular formula is C19H24N2O4. The summed E-state index contributed by atoms with van der Waals surface area (Å²) in [6.45, 7) is 5.17. The maximum Gasteiger partial charge on any atom is 0.320 e. The van der Waals surface area contributed by atoms with Crippen LogP contribution >= 0.6 is 0 Å². The van der Waals surface area contributed by atoms with Gasteiger partial charge in [-0.05, 0) is 31.9 Å². The SMILES string of the molecule is CCOC(=O)C[C@@H]1c2[nH]c3ccccc3c2CCN1CC(=O)OCC. The van der Waals surface area contributed by atoms with Gasteiger partial charge in [0, 0.05) is 23.1 Å². The number of benzene rings is 1. The number of ether oxygens (including phenoxy) is 2. The van der Waals surface area contributed by atoms with E-state index in [1.165, 1.54) is 10.9 Å². The number of para-hydroxylation sites is 1. The van der Waals surface area contributed by atoms with Crippen LogP contribution in [0.5, 0.6) is 0 Å². The molecule has 0 saturated carbocycles. The fourth-order valence-electron chi connectivity index (χ4n) is 3.54.